The van der Waals surface area contributed by atoms with Crippen LogP contribution in [-0.4, -0.2) is 11.6 Å². The Balaban J connectivity index is 1.84. The molecule has 0 fully saturated rings. The van der Waals surface area contributed by atoms with Crippen LogP contribution >= 0.6 is 11.6 Å². The number of ether oxygens (including phenoxy) is 1. The van der Waals surface area contributed by atoms with Crippen LogP contribution in [0.5, 0.6) is 11.5 Å². The fraction of sp³-hybridized carbons (Fsp3) is 0.167. The SMILES string of the molecule is CC(C)C(C(=O)C(=O)c1cccc(Oc2ccccc2)c1)c1ccc(Cl)cc1. The van der Waals surface area contributed by atoms with Gasteiger partial charge in [0, 0.05) is 10.6 Å². The molecule has 0 aliphatic rings. The van der Waals surface area contributed by atoms with Gasteiger partial charge in [-0.25, -0.2) is 0 Å². The number of benzene rings is 3. The number of hydrogen-bond acceptors (Lipinski definition) is 3. The van der Waals surface area contributed by atoms with E-state index in [9.17, 15) is 9.59 Å². The lowest BCUT2D eigenvalue weighted by Gasteiger charge is -2.19. The minimum atomic E-state index is -0.525. The molecule has 0 bridgehead atoms. The van der Waals surface area contributed by atoms with E-state index in [1.807, 2.05) is 44.2 Å². The third kappa shape index (κ3) is 4.68. The van der Waals surface area contributed by atoms with Gasteiger partial charge in [-0.05, 0) is 47.9 Å². The lowest BCUT2D eigenvalue weighted by Crippen LogP contribution is -2.26. The second kappa shape index (κ2) is 8.85. The Labute approximate surface area is 169 Å². The molecule has 3 aromatic rings. The number of ketones is 2. The minimum absolute atomic E-state index is 0.0265. The number of halogens is 1. The number of carbonyl (C=O) groups excluding carboxylic acids is 2. The maximum atomic E-state index is 13.0. The summed E-state index contributed by atoms with van der Waals surface area (Å²) in [5.41, 5.74) is 1.10. The molecule has 28 heavy (non-hydrogen) atoms. The Hall–Kier alpha value is -2.91. The van der Waals surface area contributed by atoms with Crippen molar-refractivity contribution in [1.29, 1.82) is 0 Å². The summed E-state index contributed by atoms with van der Waals surface area (Å²) in [5.74, 6) is -0.330. The first-order chi connectivity index (χ1) is 13.5. The maximum absolute atomic E-state index is 13.0. The van der Waals surface area contributed by atoms with Gasteiger partial charge in [-0.3, -0.25) is 9.59 Å². The van der Waals surface area contributed by atoms with Crippen LogP contribution in [0.2, 0.25) is 5.02 Å². The highest BCUT2D eigenvalue weighted by Gasteiger charge is 2.30. The molecule has 1 unspecified atom stereocenters. The Morgan fingerprint density at radius 3 is 2.11 bits per heavy atom. The third-order valence-corrected chi connectivity index (χ3v) is 4.73. The predicted molar refractivity (Wildman–Crippen MR) is 111 cm³/mol. The molecular formula is C24H21ClO3. The monoisotopic (exact) mass is 392 g/mol. The van der Waals surface area contributed by atoms with Crippen LogP contribution in [0.1, 0.15) is 35.7 Å². The molecule has 3 nitrogen and oxygen atoms in total. The molecule has 0 aliphatic carbocycles. The smallest absolute Gasteiger partial charge is 0.229 e. The summed E-state index contributed by atoms with van der Waals surface area (Å²) in [7, 11) is 0. The van der Waals surface area contributed by atoms with E-state index in [1.165, 1.54) is 0 Å². The highest BCUT2D eigenvalue weighted by Crippen LogP contribution is 2.29. The van der Waals surface area contributed by atoms with Gasteiger partial charge in [0.2, 0.25) is 11.6 Å². The Morgan fingerprint density at radius 2 is 1.46 bits per heavy atom. The van der Waals surface area contributed by atoms with Crippen molar-refractivity contribution < 1.29 is 14.3 Å². The molecule has 3 rings (SSSR count). The Bertz CT molecular complexity index is 963. The standard InChI is InChI=1S/C24H21ClO3/c1-16(2)22(17-11-13-19(25)14-12-17)24(27)23(26)18-7-6-10-21(15-18)28-20-8-4-3-5-9-20/h3-16,22H,1-2H3. The highest BCUT2D eigenvalue weighted by atomic mass is 35.5. The van der Waals surface area contributed by atoms with Gasteiger partial charge in [-0.2, -0.15) is 0 Å². The molecule has 0 aliphatic heterocycles. The largest absolute Gasteiger partial charge is 0.457 e. The molecule has 0 radical (unpaired) electrons. The third-order valence-electron chi connectivity index (χ3n) is 4.48. The fourth-order valence-corrected chi connectivity index (χ4v) is 3.24. The van der Waals surface area contributed by atoms with E-state index in [2.05, 4.69) is 0 Å². The first-order valence-electron chi connectivity index (χ1n) is 9.12. The molecule has 3 aromatic carbocycles. The molecule has 1 atom stereocenters. The number of carbonyl (C=O) groups is 2. The zero-order chi connectivity index (χ0) is 20.1. The van der Waals surface area contributed by atoms with Crippen molar-refractivity contribution in [3.05, 3.63) is 95.0 Å². The van der Waals surface area contributed by atoms with Crippen LogP contribution in [0, 0.1) is 5.92 Å². The molecule has 0 saturated heterocycles. The number of Topliss-reactive ketones (excluding diaryl/α,β-unsaturated/α-hetero) is 2. The van der Waals surface area contributed by atoms with Crippen molar-refractivity contribution in [3.63, 3.8) is 0 Å². The first-order valence-corrected chi connectivity index (χ1v) is 9.50. The van der Waals surface area contributed by atoms with Crippen LogP contribution in [-0.2, 0) is 4.79 Å². The van der Waals surface area contributed by atoms with Crippen LogP contribution in [0.15, 0.2) is 78.9 Å². The molecular weight excluding hydrogens is 372 g/mol. The van der Waals surface area contributed by atoms with Crippen molar-refractivity contribution in [3.8, 4) is 11.5 Å². The van der Waals surface area contributed by atoms with E-state index < -0.39 is 17.5 Å². The molecule has 0 heterocycles. The van der Waals surface area contributed by atoms with Crippen molar-refractivity contribution >= 4 is 23.2 Å². The van der Waals surface area contributed by atoms with E-state index in [4.69, 9.17) is 16.3 Å². The van der Waals surface area contributed by atoms with Gasteiger partial charge in [-0.15, -0.1) is 0 Å². The summed E-state index contributed by atoms with van der Waals surface area (Å²) < 4.78 is 5.78. The molecule has 142 valence electrons. The number of para-hydroxylation sites is 1. The molecule has 0 aromatic heterocycles. The summed E-state index contributed by atoms with van der Waals surface area (Å²) in [6, 6.07) is 23.1. The van der Waals surface area contributed by atoms with Gasteiger partial charge in [0.25, 0.3) is 0 Å². The van der Waals surface area contributed by atoms with E-state index in [0.717, 1.165) is 5.56 Å². The number of hydrogen-bond donors (Lipinski definition) is 0. The summed E-state index contributed by atoms with van der Waals surface area (Å²) >= 11 is 5.95. The summed E-state index contributed by atoms with van der Waals surface area (Å²) in [4.78, 5) is 25.9. The molecule has 0 amide bonds. The second-order valence-corrected chi connectivity index (χ2v) is 7.35. The van der Waals surface area contributed by atoms with Gasteiger partial charge in [0.15, 0.2) is 0 Å². The fourth-order valence-electron chi connectivity index (χ4n) is 3.12. The van der Waals surface area contributed by atoms with Gasteiger partial charge in [0.1, 0.15) is 11.5 Å². The van der Waals surface area contributed by atoms with E-state index in [1.54, 1.807) is 48.5 Å². The van der Waals surface area contributed by atoms with Gasteiger partial charge in [0.05, 0.1) is 5.92 Å². The van der Waals surface area contributed by atoms with Gasteiger partial charge < -0.3 is 4.74 Å². The average Bonchev–Trinajstić information content (AvgIpc) is 2.70. The molecule has 0 saturated carbocycles. The van der Waals surface area contributed by atoms with Crippen molar-refractivity contribution in [1.82, 2.24) is 0 Å². The van der Waals surface area contributed by atoms with Crippen LogP contribution in [0.25, 0.3) is 0 Å². The van der Waals surface area contributed by atoms with Gasteiger partial charge >= 0.3 is 0 Å². The van der Waals surface area contributed by atoms with Crippen LogP contribution in [0.4, 0.5) is 0 Å². The molecule has 0 N–H and O–H groups in total. The quantitative estimate of drug-likeness (QED) is 0.349. The highest BCUT2D eigenvalue weighted by molar-refractivity contribution is 6.45. The average molecular weight is 393 g/mol. The summed E-state index contributed by atoms with van der Waals surface area (Å²) in [6.07, 6.45) is 0. The topological polar surface area (TPSA) is 43.4 Å². The summed E-state index contributed by atoms with van der Waals surface area (Å²) in [5, 5.41) is 0.593. The second-order valence-electron chi connectivity index (χ2n) is 6.91. The molecule has 4 heteroatoms. The Kier molecular flexibility index (Phi) is 6.27. The zero-order valence-corrected chi connectivity index (χ0v) is 16.5. The van der Waals surface area contributed by atoms with Crippen molar-refractivity contribution in [2.45, 2.75) is 19.8 Å². The lowest BCUT2D eigenvalue weighted by atomic mass is 9.82. The first kappa shape index (κ1) is 19.8. The molecule has 0 spiro atoms. The van der Waals surface area contributed by atoms with E-state index in [0.29, 0.717) is 22.1 Å². The zero-order valence-electron chi connectivity index (χ0n) is 15.8. The maximum Gasteiger partial charge on any atom is 0.229 e. The van der Waals surface area contributed by atoms with Crippen LogP contribution in [0.3, 0.4) is 0 Å². The number of rotatable bonds is 7. The van der Waals surface area contributed by atoms with E-state index >= 15 is 0 Å². The summed E-state index contributed by atoms with van der Waals surface area (Å²) in [6.45, 7) is 3.86. The minimum Gasteiger partial charge on any atom is -0.457 e. The normalized spacial score (nSPS) is 11.9. The van der Waals surface area contributed by atoms with E-state index in [-0.39, 0.29) is 5.92 Å². The Morgan fingerprint density at radius 1 is 0.821 bits per heavy atom. The van der Waals surface area contributed by atoms with Crippen molar-refractivity contribution in [2.24, 2.45) is 5.92 Å². The van der Waals surface area contributed by atoms with Crippen molar-refractivity contribution in [2.75, 3.05) is 0 Å². The lowest BCUT2D eigenvalue weighted by molar-refractivity contribution is -0.117. The predicted octanol–water partition coefficient (Wildman–Crippen LogP) is 6.32. The van der Waals surface area contributed by atoms with Crippen LogP contribution < -0.4 is 4.74 Å². The van der Waals surface area contributed by atoms with Gasteiger partial charge in [-0.1, -0.05) is 67.9 Å².